The molecule has 0 aliphatic rings. The monoisotopic (exact) mass is 679 g/mol. The van der Waals surface area contributed by atoms with Crippen molar-refractivity contribution in [3.63, 3.8) is 0 Å². The zero-order valence-corrected chi connectivity index (χ0v) is 23.7. The molecule has 4 nitrogen and oxygen atoms in total. The number of rotatable bonds is 7. The number of nitrogens with zero attached hydrogens (tertiary/aromatic N) is 1. The second-order valence-corrected chi connectivity index (χ2v) is 10.6. The molecule has 0 amide bonds. The van der Waals surface area contributed by atoms with Gasteiger partial charge in [0.05, 0.1) is 0 Å². The van der Waals surface area contributed by atoms with Crippen molar-refractivity contribution < 1.29 is 34.7 Å². The van der Waals surface area contributed by atoms with E-state index in [0.29, 0.717) is 26.1 Å². The number of aliphatic hydroxyl groups excluding tert-OH is 1. The first-order chi connectivity index (χ1) is 14.6. The number of para-hydroxylation sites is 1. The number of carbonyl (C=O) groups is 1. The van der Waals surface area contributed by atoms with E-state index in [-0.39, 0.29) is 42.5 Å². The van der Waals surface area contributed by atoms with Crippen molar-refractivity contribution in [1.82, 2.24) is 4.98 Å². The standard InChI is InChI=1S/C13H8NOSe.C13H24O2.Ir/c1-2-4-11(5-3-1)15-13-12-10(6-8-14-13)7-9-16-12;1-7-12(3,4)10(14)9-11(15)13(5,6)8-2;/h1-4,6-9H;9,14H,7-8H2,1-6H3;/q-1;;/b;10-9-;. The van der Waals surface area contributed by atoms with Gasteiger partial charge in [-0.15, -0.1) is 0 Å². The number of carbonyl (C=O) groups excluding carboxylic acids is 1. The molecule has 0 fully saturated rings. The number of aromatic nitrogens is 1. The number of benzene rings is 1. The zero-order chi connectivity index (χ0) is 23.1. The van der Waals surface area contributed by atoms with Gasteiger partial charge in [0.25, 0.3) is 0 Å². The predicted octanol–water partition coefficient (Wildman–Crippen LogP) is 6.75. The molecular formula is C26H32IrNO3Se-. The molecule has 0 spiro atoms. The minimum atomic E-state index is -0.377. The van der Waals surface area contributed by atoms with Crippen molar-refractivity contribution >= 4 is 29.9 Å². The van der Waals surface area contributed by atoms with Crippen LogP contribution in [0.4, 0.5) is 0 Å². The summed E-state index contributed by atoms with van der Waals surface area (Å²) in [5.74, 6) is 1.62. The van der Waals surface area contributed by atoms with Crippen LogP contribution < -0.4 is 4.74 Å². The number of ether oxygens (including phenoxy) is 1. The first-order valence-corrected chi connectivity index (χ1v) is 12.4. The normalized spacial score (nSPS) is 11.9. The molecule has 2 aromatic heterocycles. The maximum atomic E-state index is 11.8. The molecule has 6 heteroatoms. The molecule has 1 radical (unpaired) electrons. The van der Waals surface area contributed by atoms with Crippen LogP contribution >= 0.6 is 0 Å². The Morgan fingerprint density at radius 2 is 1.81 bits per heavy atom. The van der Waals surface area contributed by atoms with Crippen LogP contribution in [-0.4, -0.2) is 30.4 Å². The number of pyridine rings is 1. The molecular weight excluding hydrogens is 645 g/mol. The summed E-state index contributed by atoms with van der Waals surface area (Å²) in [5.41, 5.74) is -0.683. The van der Waals surface area contributed by atoms with Gasteiger partial charge in [-0.1, -0.05) is 41.5 Å². The van der Waals surface area contributed by atoms with Gasteiger partial charge in [0.15, 0.2) is 5.78 Å². The zero-order valence-electron chi connectivity index (χ0n) is 19.6. The van der Waals surface area contributed by atoms with Gasteiger partial charge in [0, 0.05) is 37.0 Å². The summed E-state index contributed by atoms with van der Waals surface area (Å²) < 4.78 is 6.95. The van der Waals surface area contributed by atoms with Gasteiger partial charge in [0.2, 0.25) is 0 Å². The Kier molecular flexibility index (Phi) is 11.1. The van der Waals surface area contributed by atoms with Crippen LogP contribution in [-0.2, 0) is 24.9 Å². The SMILES string of the molecule is CCC(C)(C)C(=O)/C=C(\O)C(C)(C)CC.[Ir].[c-]1ccccc1Oc1nccc2cc[se]c12. The Morgan fingerprint density at radius 1 is 1.12 bits per heavy atom. The second-order valence-electron chi connectivity index (χ2n) is 8.65. The van der Waals surface area contributed by atoms with E-state index in [1.165, 1.54) is 15.7 Å². The van der Waals surface area contributed by atoms with Crippen LogP contribution in [0.5, 0.6) is 11.6 Å². The van der Waals surface area contributed by atoms with Gasteiger partial charge >= 0.3 is 99.1 Å². The fourth-order valence-corrected chi connectivity index (χ4v) is 4.07. The van der Waals surface area contributed by atoms with Crippen molar-refractivity contribution in [2.75, 3.05) is 0 Å². The topological polar surface area (TPSA) is 59.4 Å². The van der Waals surface area contributed by atoms with Crippen molar-refractivity contribution in [3.8, 4) is 11.6 Å². The van der Waals surface area contributed by atoms with E-state index in [1.54, 1.807) is 6.20 Å². The molecule has 1 N–H and O–H groups in total. The first-order valence-electron chi connectivity index (χ1n) is 10.5. The molecule has 0 bridgehead atoms. The summed E-state index contributed by atoms with van der Waals surface area (Å²) in [7, 11) is 0. The Labute approximate surface area is 211 Å². The average molecular weight is 678 g/mol. The summed E-state index contributed by atoms with van der Waals surface area (Å²) in [6, 6.07) is 14.7. The van der Waals surface area contributed by atoms with Crippen LogP contribution in [0.1, 0.15) is 54.4 Å². The van der Waals surface area contributed by atoms with Gasteiger partial charge < -0.3 is 5.11 Å². The Morgan fingerprint density at radius 3 is 2.41 bits per heavy atom. The van der Waals surface area contributed by atoms with Crippen LogP contribution in [0.2, 0.25) is 0 Å². The molecule has 175 valence electrons. The summed E-state index contributed by atoms with van der Waals surface area (Å²) in [5, 5.41) is 11.1. The third kappa shape index (κ3) is 7.70. The Hall–Kier alpha value is -1.71. The van der Waals surface area contributed by atoms with Crippen molar-refractivity contribution in [2.45, 2.75) is 54.4 Å². The Balaban J connectivity index is 0.000000312. The van der Waals surface area contributed by atoms with Gasteiger partial charge in [-0.3, -0.25) is 4.79 Å². The molecule has 32 heavy (non-hydrogen) atoms. The van der Waals surface area contributed by atoms with Crippen LogP contribution in [0, 0.1) is 16.9 Å². The summed E-state index contributed by atoms with van der Waals surface area (Å²) >= 11 is 0.341. The average Bonchev–Trinajstić information content (AvgIpc) is 3.25. The molecule has 0 unspecified atom stereocenters. The summed E-state index contributed by atoms with van der Waals surface area (Å²) in [6.45, 7) is 11.7. The van der Waals surface area contributed by atoms with Crippen molar-refractivity contribution in [3.05, 3.63) is 65.4 Å². The molecule has 0 aliphatic carbocycles. The minimum absolute atomic E-state index is 0. The van der Waals surface area contributed by atoms with Crippen molar-refractivity contribution in [1.29, 1.82) is 0 Å². The van der Waals surface area contributed by atoms with Crippen LogP contribution in [0.3, 0.4) is 0 Å². The van der Waals surface area contributed by atoms with Crippen molar-refractivity contribution in [2.24, 2.45) is 10.8 Å². The number of hydrogen-bond acceptors (Lipinski definition) is 4. The van der Waals surface area contributed by atoms with E-state index in [4.69, 9.17) is 4.74 Å². The first kappa shape index (κ1) is 28.3. The molecule has 3 rings (SSSR count). The molecule has 1 aromatic carbocycles. The molecule has 0 saturated heterocycles. The maximum absolute atomic E-state index is 11.8. The fourth-order valence-electron chi connectivity index (χ4n) is 2.36. The van der Waals surface area contributed by atoms with E-state index in [2.05, 4.69) is 22.1 Å². The summed E-state index contributed by atoms with van der Waals surface area (Å²) in [6.07, 6.45) is 4.77. The van der Waals surface area contributed by atoms with Crippen LogP contribution in [0.15, 0.2) is 59.4 Å². The molecule has 2 heterocycles. The van der Waals surface area contributed by atoms with Gasteiger partial charge in [0.1, 0.15) is 5.76 Å². The van der Waals surface area contributed by atoms with Crippen LogP contribution in [0.25, 0.3) is 9.65 Å². The molecule has 0 atom stereocenters. The Bertz CT molecular complexity index is 1030. The number of allylic oxidation sites excluding steroid dienone is 2. The summed E-state index contributed by atoms with van der Waals surface area (Å²) in [4.78, 5) is 18.3. The van der Waals surface area contributed by atoms with E-state index in [1.807, 2.05) is 71.9 Å². The molecule has 3 aromatic rings. The third-order valence-electron chi connectivity index (χ3n) is 5.62. The fraction of sp³-hybridized carbons (Fsp3) is 0.385. The quantitative estimate of drug-likeness (QED) is 0.130. The number of aliphatic hydroxyl groups is 1. The van der Waals surface area contributed by atoms with Gasteiger partial charge in [-0.25, -0.2) is 0 Å². The number of hydrogen-bond donors (Lipinski definition) is 1. The van der Waals surface area contributed by atoms with E-state index < -0.39 is 0 Å². The number of ketones is 1. The molecule has 0 aliphatic heterocycles. The third-order valence-corrected chi connectivity index (χ3v) is 7.55. The predicted molar refractivity (Wildman–Crippen MR) is 128 cm³/mol. The number of fused-ring (bicyclic) bond motifs is 1. The van der Waals surface area contributed by atoms with E-state index in [9.17, 15) is 9.90 Å². The molecule has 0 saturated carbocycles. The second kappa shape index (κ2) is 12.5. The van der Waals surface area contributed by atoms with Gasteiger partial charge in [-0.05, 0) is 12.8 Å². The van der Waals surface area contributed by atoms with Gasteiger partial charge in [-0.2, -0.15) is 0 Å². The van der Waals surface area contributed by atoms with E-state index >= 15 is 0 Å². The van der Waals surface area contributed by atoms with E-state index in [0.717, 1.165) is 12.8 Å².